The van der Waals surface area contributed by atoms with Crippen LogP contribution in [-0.4, -0.2) is 60.6 Å². The van der Waals surface area contributed by atoms with Gasteiger partial charge in [-0.2, -0.15) is 0 Å². The molecule has 0 spiro atoms. The molecule has 8 heteroatoms. The van der Waals surface area contributed by atoms with Crippen LogP contribution >= 0.6 is 11.6 Å². The van der Waals surface area contributed by atoms with Crippen LogP contribution in [0.15, 0.2) is 30.5 Å². The molecule has 30 heavy (non-hydrogen) atoms. The number of hydrogen-bond acceptors (Lipinski definition) is 6. The first kappa shape index (κ1) is 22.3. The second kappa shape index (κ2) is 10.6. The van der Waals surface area contributed by atoms with Gasteiger partial charge >= 0.3 is 0 Å². The molecule has 7 nitrogen and oxygen atoms in total. The zero-order valence-electron chi connectivity index (χ0n) is 17.9. The standard InChI is InChI=1S/C22H30ClN5O2/c1-4-27(5-2)22-25-14-18(23)20(26-22)21(29)24-15-19(28-11-6-7-12-28)16-9-8-10-17(13-16)30-3/h8-10,13-14,19H,4-7,11-12,15H2,1-3H3,(H,24,29). The van der Waals surface area contributed by atoms with E-state index in [1.165, 1.54) is 19.0 Å². The Morgan fingerprint density at radius 2 is 2.03 bits per heavy atom. The van der Waals surface area contributed by atoms with Crippen LogP contribution < -0.4 is 15.0 Å². The van der Waals surface area contributed by atoms with E-state index >= 15 is 0 Å². The van der Waals surface area contributed by atoms with Crippen LogP contribution in [-0.2, 0) is 0 Å². The monoisotopic (exact) mass is 431 g/mol. The van der Waals surface area contributed by atoms with Gasteiger partial charge in [-0.1, -0.05) is 23.7 Å². The van der Waals surface area contributed by atoms with E-state index in [-0.39, 0.29) is 22.7 Å². The molecule has 1 aromatic heterocycles. The molecular formula is C22H30ClN5O2. The van der Waals surface area contributed by atoms with Gasteiger partial charge in [0.2, 0.25) is 5.95 Å². The van der Waals surface area contributed by atoms with Crippen molar-refractivity contribution in [2.75, 3.05) is 44.7 Å². The van der Waals surface area contributed by atoms with Crippen molar-refractivity contribution in [3.8, 4) is 5.75 Å². The highest BCUT2D eigenvalue weighted by Gasteiger charge is 2.25. The van der Waals surface area contributed by atoms with Crippen molar-refractivity contribution in [2.45, 2.75) is 32.7 Å². The topological polar surface area (TPSA) is 70.6 Å². The zero-order chi connectivity index (χ0) is 21.5. The summed E-state index contributed by atoms with van der Waals surface area (Å²) in [6, 6.07) is 8.09. The Morgan fingerprint density at radius 1 is 1.30 bits per heavy atom. The van der Waals surface area contributed by atoms with Crippen LogP contribution in [0, 0.1) is 0 Å². The van der Waals surface area contributed by atoms with Gasteiger partial charge in [0, 0.05) is 19.6 Å². The molecular weight excluding hydrogens is 402 g/mol. The largest absolute Gasteiger partial charge is 0.497 e. The number of nitrogens with zero attached hydrogens (tertiary/aromatic N) is 4. The zero-order valence-corrected chi connectivity index (χ0v) is 18.7. The summed E-state index contributed by atoms with van der Waals surface area (Å²) >= 11 is 6.25. The molecule has 1 N–H and O–H groups in total. The number of halogens is 1. The fourth-order valence-corrected chi connectivity index (χ4v) is 3.99. The van der Waals surface area contributed by atoms with Crippen LogP contribution in [0.1, 0.15) is 48.8 Å². The molecule has 162 valence electrons. The Labute approximate surface area is 183 Å². The first-order valence-electron chi connectivity index (χ1n) is 10.5. The number of ether oxygens (including phenoxy) is 1. The lowest BCUT2D eigenvalue weighted by atomic mass is 10.0. The van der Waals surface area contributed by atoms with Gasteiger partial charge < -0.3 is 15.0 Å². The normalized spacial score (nSPS) is 15.1. The van der Waals surface area contributed by atoms with Crippen LogP contribution in [0.4, 0.5) is 5.95 Å². The van der Waals surface area contributed by atoms with Gasteiger partial charge in [0.1, 0.15) is 5.75 Å². The summed E-state index contributed by atoms with van der Waals surface area (Å²) in [6.45, 7) is 8.05. The van der Waals surface area contributed by atoms with E-state index in [0.29, 0.717) is 12.5 Å². The smallest absolute Gasteiger partial charge is 0.271 e. The third-order valence-corrected chi connectivity index (χ3v) is 5.79. The lowest BCUT2D eigenvalue weighted by Gasteiger charge is -2.28. The van der Waals surface area contributed by atoms with Crippen molar-refractivity contribution in [3.05, 3.63) is 46.7 Å². The predicted molar refractivity (Wildman–Crippen MR) is 119 cm³/mol. The van der Waals surface area contributed by atoms with E-state index in [4.69, 9.17) is 16.3 Å². The van der Waals surface area contributed by atoms with Crippen molar-refractivity contribution in [1.29, 1.82) is 0 Å². The number of rotatable bonds is 9. The van der Waals surface area contributed by atoms with Crippen molar-refractivity contribution in [2.24, 2.45) is 0 Å². The number of benzene rings is 1. The van der Waals surface area contributed by atoms with Crippen LogP contribution in [0.25, 0.3) is 0 Å². The lowest BCUT2D eigenvalue weighted by Crippen LogP contribution is -2.37. The molecule has 0 aliphatic carbocycles. The molecule has 2 heterocycles. The summed E-state index contributed by atoms with van der Waals surface area (Å²) in [5, 5.41) is 3.29. The first-order valence-corrected chi connectivity index (χ1v) is 10.9. The van der Waals surface area contributed by atoms with E-state index in [2.05, 4.69) is 26.3 Å². The van der Waals surface area contributed by atoms with Crippen LogP contribution in [0.5, 0.6) is 5.75 Å². The van der Waals surface area contributed by atoms with Gasteiger partial charge in [-0.05, 0) is 57.5 Å². The quantitative estimate of drug-likeness (QED) is 0.654. The van der Waals surface area contributed by atoms with E-state index in [9.17, 15) is 4.79 Å². The van der Waals surface area contributed by atoms with Crippen molar-refractivity contribution >= 4 is 23.5 Å². The van der Waals surface area contributed by atoms with Gasteiger partial charge in [0.05, 0.1) is 24.4 Å². The number of hydrogen-bond donors (Lipinski definition) is 1. The van der Waals surface area contributed by atoms with Gasteiger partial charge in [-0.15, -0.1) is 0 Å². The molecule has 2 aromatic rings. The van der Waals surface area contributed by atoms with Gasteiger partial charge in [0.15, 0.2) is 5.69 Å². The summed E-state index contributed by atoms with van der Waals surface area (Å²) in [5.41, 5.74) is 1.33. The second-order valence-electron chi connectivity index (χ2n) is 7.28. The molecule has 1 aliphatic heterocycles. The van der Waals surface area contributed by atoms with E-state index in [0.717, 1.165) is 37.5 Å². The summed E-state index contributed by atoms with van der Waals surface area (Å²) < 4.78 is 5.39. The minimum atomic E-state index is -0.289. The average molecular weight is 432 g/mol. The number of carbonyl (C=O) groups excluding carboxylic acids is 1. The Balaban J connectivity index is 1.78. The third-order valence-electron chi connectivity index (χ3n) is 5.51. The number of methoxy groups -OCH3 is 1. The molecule has 0 radical (unpaired) electrons. The third kappa shape index (κ3) is 5.21. The summed E-state index contributed by atoms with van der Waals surface area (Å²) in [4.78, 5) is 26.0. The number of nitrogens with one attached hydrogen (secondary N) is 1. The van der Waals surface area contributed by atoms with Gasteiger partial charge in [0.25, 0.3) is 5.91 Å². The van der Waals surface area contributed by atoms with Crippen molar-refractivity contribution < 1.29 is 9.53 Å². The summed E-state index contributed by atoms with van der Waals surface area (Å²) in [5.74, 6) is 1.03. The summed E-state index contributed by atoms with van der Waals surface area (Å²) in [6.07, 6.45) is 3.83. The maximum atomic E-state index is 12.9. The molecule has 3 rings (SSSR count). The average Bonchev–Trinajstić information content (AvgIpc) is 3.30. The Kier molecular flexibility index (Phi) is 7.87. The van der Waals surface area contributed by atoms with Crippen molar-refractivity contribution in [3.63, 3.8) is 0 Å². The first-order chi connectivity index (χ1) is 14.6. The lowest BCUT2D eigenvalue weighted by molar-refractivity contribution is 0.0933. The van der Waals surface area contributed by atoms with Crippen LogP contribution in [0.2, 0.25) is 5.02 Å². The molecule has 1 aliphatic rings. The maximum absolute atomic E-state index is 12.9. The summed E-state index contributed by atoms with van der Waals surface area (Å²) in [7, 11) is 1.66. The molecule has 1 saturated heterocycles. The Hall–Kier alpha value is -2.38. The number of anilines is 1. The number of aromatic nitrogens is 2. The molecule has 0 saturated carbocycles. The van der Waals surface area contributed by atoms with E-state index in [1.807, 2.05) is 36.9 Å². The van der Waals surface area contributed by atoms with E-state index in [1.54, 1.807) is 7.11 Å². The number of likely N-dealkylation sites (tertiary alicyclic amines) is 1. The van der Waals surface area contributed by atoms with Gasteiger partial charge in [-0.3, -0.25) is 9.69 Å². The molecule has 1 atom stereocenters. The minimum Gasteiger partial charge on any atom is -0.497 e. The highest BCUT2D eigenvalue weighted by atomic mass is 35.5. The highest BCUT2D eigenvalue weighted by Crippen LogP contribution is 2.27. The Morgan fingerprint density at radius 3 is 2.70 bits per heavy atom. The Bertz CT molecular complexity index is 853. The van der Waals surface area contributed by atoms with E-state index < -0.39 is 0 Å². The van der Waals surface area contributed by atoms with Crippen molar-refractivity contribution in [1.82, 2.24) is 20.2 Å². The maximum Gasteiger partial charge on any atom is 0.271 e. The fourth-order valence-electron chi connectivity index (χ4n) is 3.81. The predicted octanol–water partition coefficient (Wildman–Crippen LogP) is 3.55. The fraction of sp³-hybridized carbons (Fsp3) is 0.500. The number of amides is 1. The highest BCUT2D eigenvalue weighted by molar-refractivity contribution is 6.33. The number of carbonyl (C=O) groups is 1. The molecule has 1 aromatic carbocycles. The molecule has 1 fully saturated rings. The SMILES string of the molecule is CCN(CC)c1ncc(Cl)c(C(=O)NCC(c2cccc(OC)c2)N2CCCC2)n1. The second-order valence-corrected chi connectivity index (χ2v) is 7.69. The minimum absolute atomic E-state index is 0.0643. The molecule has 1 unspecified atom stereocenters. The molecule has 0 bridgehead atoms. The molecule has 1 amide bonds. The van der Waals surface area contributed by atoms with Gasteiger partial charge in [-0.25, -0.2) is 9.97 Å². The van der Waals surface area contributed by atoms with Crippen LogP contribution in [0.3, 0.4) is 0 Å².